The van der Waals surface area contributed by atoms with Crippen LogP contribution in [0.5, 0.6) is 5.75 Å². The molecule has 0 saturated carbocycles. The summed E-state index contributed by atoms with van der Waals surface area (Å²) in [7, 11) is 0.973. The zero-order valence-electron chi connectivity index (χ0n) is 22.0. The number of para-hydroxylation sites is 2. The maximum Gasteiger partial charge on any atom is 0.263 e. The first-order chi connectivity index (χ1) is 19.2. The van der Waals surface area contributed by atoms with Crippen molar-refractivity contribution in [2.24, 2.45) is 0 Å². The second-order valence-corrected chi connectivity index (χ2v) is 10.9. The molecule has 0 bridgehead atoms. The van der Waals surface area contributed by atoms with Gasteiger partial charge in [0.1, 0.15) is 5.75 Å². The highest BCUT2D eigenvalue weighted by Gasteiger charge is 2.21. The predicted molar refractivity (Wildman–Crippen MR) is 156 cm³/mol. The summed E-state index contributed by atoms with van der Waals surface area (Å²) in [6, 6.07) is 20.5. The van der Waals surface area contributed by atoms with Crippen LogP contribution in [-0.4, -0.2) is 61.9 Å². The normalized spacial score (nSPS) is 11.5. The molecule has 0 aliphatic rings. The number of pyridine rings is 1. The van der Waals surface area contributed by atoms with Gasteiger partial charge < -0.3 is 20.3 Å². The molecule has 0 unspecified atom stereocenters. The van der Waals surface area contributed by atoms with E-state index in [0.29, 0.717) is 33.7 Å². The van der Waals surface area contributed by atoms with E-state index in [-0.39, 0.29) is 29.0 Å². The lowest BCUT2D eigenvalue weighted by Gasteiger charge is -2.16. The van der Waals surface area contributed by atoms with Crippen molar-refractivity contribution in [1.29, 1.82) is 0 Å². The number of carbonyl (C=O) groups excluding carboxylic acids is 1. The molecule has 1 amide bonds. The van der Waals surface area contributed by atoms with Crippen molar-refractivity contribution >= 4 is 60.9 Å². The fourth-order valence-electron chi connectivity index (χ4n) is 4.08. The van der Waals surface area contributed by atoms with Gasteiger partial charge in [0.25, 0.3) is 10.0 Å². The molecule has 0 aliphatic heterocycles. The Morgan fingerprint density at radius 1 is 0.925 bits per heavy atom. The van der Waals surface area contributed by atoms with Crippen LogP contribution in [0.25, 0.3) is 21.9 Å². The van der Waals surface area contributed by atoms with Gasteiger partial charge in [-0.25, -0.2) is 18.4 Å². The number of anilines is 4. The van der Waals surface area contributed by atoms with E-state index >= 15 is 0 Å². The Hall–Kier alpha value is -4.81. The fraction of sp³-hybridized carbons (Fsp3) is 0.143. The first kappa shape index (κ1) is 26.8. The largest absolute Gasteiger partial charge is 0.497 e. The molecule has 3 N–H and O–H groups in total. The van der Waals surface area contributed by atoms with Crippen LogP contribution in [0, 0.1) is 0 Å². The number of methoxy groups -OCH3 is 1. The molecule has 40 heavy (non-hydrogen) atoms. The summed E-state index contributed by atoms with van der Waals surface area (Å²) < 4.78 is 35.0. The Labute approximate surface area is 231 Å². The monoisotopic (exact) mass is 557 g/mol. The van der Waals surface area contributed by atoms with Gasteiger partial charge in [0, 0.05) is 23.3 Å². The van der Waals surface area contributed by atoms with Crippen LogP contribution >= 0.6 is 0 Å². The molecular formula is C28H27N7O4S. The highest BCUT2D eigenvalue weighted by Crippen LogP contribution is 2.33. The van der Waals surface area contributed by atoms with Crippen LogP contribution in [0.3, 0.4) is 0 Å². The summed E-state index contributed by atoms with van der Waals surface area (Å²) in [5, 5.41) is 6.75. The Bertz CT molecular complexity index is 1830. The second-order valence-electron chi connectivity index (χ2n) is 9.20. The van der Waals surface area contributed by atoms with E-state index < -0.39 is 10.0 Å². The molecule has 0 radical (unpaired) electrons. The van der Waals surface area contributed by atoms with Gasteiger partial charge in [0.15, 0.2) is 11.6 Å². The molecule has 3 aromatic carbocycles. The minimum absolute atomic E-state index is 0.00681. The number of aromatic nitrogens is 3. The maximum atomic E-state index is 13.5. The summed E-state index contributed by atoms with van der Waals surface area (Å²) in [5.74, 6) is 0.496. The molecule has 5 rings (SSSR count). The number of carbonyl (C=O) groups is 1. The number of benzene rings is 3. The SMILES string of the molecule is COc1cc(Nc2nc3ccccc3nc2NS(=O)(=O)c2cccc(NC(=O)CN(C)C)c2)c2ncccc2c1. The summed E-state index contributed by atoms with van der Waals surface area (Å²) in [5.41, 5.74) is 2.63. The topological polar surface area (TPSA) is 138 Å². The number of nitrogens with zero attached hydrogens (tertiary/aromatic N) is 4. The smallest absolute Gasteiger partial charge is 0.263 e. The number of nitrogens with one attached hydrogen (secondary N) is 3. The Morgan fingerprint density at radius 2 is 1.68 bits per heavy atom. The van der Waals surface area contributed by atoms with Gasteiger partial charge in [-0.1, -0.05) is 24.3 Å². The molecule has 0 fully saturated rings. The first-order valence-electron chi connectivity index (χ1n) is 12.3. The first-order valence-corrected chi connectivity index (χ1v) is 13.7. The molecule has 0 spiro atoms. The van der Waals surface area contributed by atoms with Crippen LogP contribution < -0.4 is 20.1 Å². The number of sulfonamides is 1. The Morgan fingerprint density at radius 3 is 2.40 bits per heavy atom. The highest BCUT2D eigenvalue weighted by atomic mass is 32.2. The quantitative estimate of drug-likeness (QED) is 0.243. The van der Waals surface area contributed by atoms with E-state index in [1.54, 1.807) is 68.7 Å². The van der Waals surface area contributed by atoms with Crippen LogP contribution in [0.15, 0.2) is 83.9 Å². The highest BCUT2D eigenvalue weighted by molar-refractivity contribution is 7.92. The van der Waals surface area contributed by atoms with Crippen molar-refractivity contribution in [1.82, 2.24) is 19.9 Å². The van der Waals surface area contributed by atoms with Crippen LogP contribution in [0.2, 0.25) is 0 Å². The maximum absolute atomic E-state index is 13.5. The van der Waals surface area contributed by atoms with Gasteiger partial charge in [-0.15, -0.1) is 0 Å². The summed E-state index contributed by atoms with van der Waals surface area (Å²) in [6.07, 6.45) is 1.67. The van der Waals surface area contributed by atoms with Crippen LogP contribution in [0.4, 0.5) is 23.0 Å². The van der Waals surface area contributed by atoms with E-state index in [4.69, 9.17) is 4.74 Å². The minimum atomic E-state index is -4.13. The standard InChI is InChI=1S/C28H27N7O4S/c1-35(2)17-25(36)30-19-9-6-10-21(15-19)40(37,38)34-28-27(31-22-11-4-5-12-23(22)32-28)33-24-16-20(39-3)14-18-8-7-13-29-26(18)24/h4-16H,17H2,1-3H3,(H,30,36)(H,31,33)(H,32,34). The van der Waals surface area contributed by atoms with Crippen molar-refractivity contribution in [3.63, 3.8) is 0 Å². The number of likely N-dealkylation sites (N-methyl/N-ethyl adjacent to an activating group) is 1. The third-order valence-corrected chi connectivity index (χ3v) is 7.19. The average molecular weight is 558 g/mol. The number of rotatable bonds is 9. The number of hydrogen-bond acceptors (Lipinski definition) is 9. The van der Waals surface area contributed by atoms with Crippen molar-refractivity contribution < 1.29 is 17.9 Å². The zero-order chi connectivity index (χ0) is 28.3. The number of fused-ring (bicyclic) bond motifs is 2. The van der Waals surface area contributed by atoms with Gasteiger partial charge in [-0.05, 0) is 56.6 Å². The molecule has 2 heterocycles. The Kier molecular flexibility index (Phi) is 7.45. The fourth-order valence-corrected chi connectivity index (χ4v) is 5.13. The number of hydrogen-bond donors (Lipinski definition) is 3. The van der Waals surface area contributed by atoms with E-state index in [0.717, 1.165) is 5.39 Å². The van der Waals surface area contributed by atoms with Crippen molar-refractivity contribution in [2.75, 3.05) is 43.1 Å². The minimum Gasteiger partial charge on any atom is -0.497 e. The van der Waals surface area contributed by atoms with Gasteiger partial charge in [0.05, 0.1) is 40.8 Å². The second kappa shape index (κ2) is 11.1. The van der Waals surface area contributed by atoms with E-state index in [2.05, 4.69) is 30.3 Å². The van der Waals surface area contributed by atoms with Gasteiger partial charge in [-0.2, -0.15) is 0 Å². The van der Waals surface area contributed by atoms with Crippen molar-refractivity contribution in [3.05, 3.63) is 79.0 Å². The molecule has 0 saturated heterocycles. The van der Waals surface area contributed by atoms with E-state index in [9.17, 15) is 13.2 Å². The molecule has 5 aromatic rings. The lowest BCUT2D eigenvalue weighted by Crippen LogP contribution is -2.27. The molecule has 12 heteroatoms. The predicted octanol–water partition coefficient (Wildman–Crippen LogP) is 4.23. The third kappa shape index (κ3) is 5.92. The Balaban J connectivity index is 1.53. The number of ether oxygens (including phenoxy) is 1. The van der Waals surface area contributed by atoms with E-state index in [1.165, 1.54) is 12.1 Å². The molecule has 0 atom stereocenters. The van der Waals surface area contributed by atoms with Crippen molar-refractivity contribution in [2.45, 2.75) is 4.90 Å². The average Bonchev–Trinajstić information content (AvgIpc) is 2.92. The molecule has 0 aliphatic carbocycles. The molecule has 2 aromatic heterocycles. The van der Waals surface area contributed by atoms with Crippen LogP contribution in [-0.2, 0) is 14.8 Å². The molecule has 204 valence electrons. The lowest BCUT2D eigenvalue weighted by atomic mass is 10.1. The van der Waals surface area contributed by atoms with Gasteiger partial charge in [-0.3, -0.25) is 14.5 Å². The summed E-state index contributed by atoms with van der Waals surface area (Å²) >= 11 is 0. The van der Waals surface area contributed by atoms with Crippen LogP contribution in [0.1, 0.15) is 0 Å². The number of amides is 1. The van der Waals surface area contributed by atoms with Gasteiger partial charge in [0.2, 0.25) is 5.91 Å². The summed E-state index contributed by atoms with van der Waals surface area (Å²) in [6.45, 7) is 0.157. The molecular weight excluding hydrogens is 530 g/mol. The summed E-state index contributed by atoms with van der Waals surface area (Å²) in [4.78, 5) is 27.6. The van der Waals surface area contributed by atoms with E-state index in [1.807, 2.05) is 24.3 Å². The lowest BCUT2D eigenvalue weighted by molar-refractivity contribution is -0.116. The van der Waals surface area contributed by atoms with Gasteiger partial charge >= 0.3 is 0 Å². The third-order valence-electron chi connectivity index (χ3n) is 5.86. The zero-order valence-corrected chi connectivity index (χ0v) is 22.9. The van der Waals surface area contributed by atoms with Crippen molar-refractivity contribution in [3.8, 4) is 5.75 Å². The molecule has 11 nitrogen and oxygen atoms in total.